The average molecular weight is 197 g/mol. The second kappa shape index (κ2) is 4.56. The van der Waals surface area contributed by atoms with E-state index in [4.69, 9.17) is 5.26 Å². The molecule has 0 aliphatic heterocycles. The topological polar surface area (TPSA) is 33.0 Å². The molecule has 74 valence electrons. The van der Waals surface area contributed by atoms with Crippen molar-refractivity contribution in [3.63, 3.8) is 0 Å². The number of hydrogen-bond acceptors (Lipinski definition) is 2. The van der Waals surface area contributed by atoms with Crippen LogP contribution in [0.3, 0.4) is 0 Å². The maximum absolute atomic E-state index is 12.0. The highest BCUT2D eigenvalue weighted by molar-refractivity contribution is 5.41. The van der Waals surface area contributed by atoms with Gasteiger partial charge in [-0.25, -0.2) is 0 Å². The van der Waals surface area contributed by atoms with Crippen LogP contribution in [-0.2, 0) is 6.42 Å². The van der Waals surface area contributed by atoms with E-state index in [9.17, 15) is 8.78 Å². The van der Waals surface area contributed by atoms with Crippen molar-refractivity contribution < 1.29 is 13.5 Å². The molecule has 1 aromatic carbocycles. The van der Waals surface area contributed by atoms with Gasteiger partial charge in [0.15, 0.2) is 0 Å². The number of hydrogen-bond donors (Lipinski definition) is 0. The fourth-order valence-corrected chi connectivity index (χ4v) is 1.19. The number of aryl methyl sites for hydroxylation is 1. The van der Waals surface area contributed by atoms with Gasteiger partial charge in [0.05, 0.1) is 12.5 Å². The monoisotopic (exact) mass is 197 g/mol. The fraction of sp³-hybridized carbons (Fsp3) is 0.300. The van der Waals surface area contributed by atoms with Gasteiger partial charge in [-0.15, -0.1) is 0 Å². The number of ether oxygens (including phenoxy) is 1. The lowest BCUT2D eigenvalue weighted by Crippen LogP contribution is -2.05. The normalized spacial score (nSPS) is 9.93. The maximum Gasteiger partial charge on any atom is 0.387 e. The number of benzene rings is 1. The van der Waals surface area contributed by atoms with Crippen LogP contribution in [-0.4, -0.2) is 6.61 Å². The third-order valence-electron chi connectivity index (χ3n) is 1.84. The molecule has 0 heterocycles. The zero-order valence-corrected chi connectivity index (χ0v) is 7.63. The van der Waals surface area contributed by atoms with Gasteiger partial charge in [0.25, 0.3) is 0 Å². The molecule has 0 N–H and O–H groups in total. The molecule has 0 bridgehead atoms. The maximum atomic E-state index is 12.0. The Kier molecular flexibility index (Phi) is 3.41. The Hall–Kier alpha value is -1.63. The number of nitriles is 1. The van der Waals surface area contributed by atoms with Crippen molar-refractivity contribution in [2.75, 3.05) is 0 Å². The zero-order valence-electron chi connectivity index (χ0n) is 7.63. The Bertz CT molecular complexity index is 358. The van der Waals surface area contributed by atoms with Gasteiger partial charge in [0, 0.05) is 5.56 Å². The van der Waals surface area contributed by atoms with Crippen LogP contribution in [0.1, 0.15) is 11.1 Å². The molecule has 0 radical (unpaired) electrons. The molecular formula is C10H9F2NO. The quantitative estimate of drug-likeness (QED) is 0.746. The van der Waals surface area contributed by atoms with Crippen molar-refractivity contribution in [2.24, 2.45) is 0 Å². The smallest absolute Gasteiger partial charge is 0.387 e. The lowest BCUT2D eigenvalue weighted by molar-refractivity contribution is -0.0503. The first-order valence-electron chi connectivity index (χ1n) is 4.05. The molecule has 0 saturated heterocycles. The van der Waals surface area contributed by atoms with Gasteiger partial charge in [-0.05, 0) is 18.6 Å². The summed E-state index contributed by atoms with van der Waals surface area (Å²) in [6, 6.07) is 6.72. The number of alkyl halides is 2. The van der Waals surface area contributed by atoms with Crippen LogP contribution in [0.15, 0.2) is 18.2 Å². The number of rotatable bonds is 3. The SMILES string of the molecule is Cc1cccc(OC(F)F)c1CC#N. The van der Waals surface area contributed by atoms with E-state index >= 15 is 0 Å². The molecular weight excluding hydrogens is 188 g/mol. The van der Waals surface area contributed by atoms with Crippen molar-refractivity contribution >= 4 is 0 Å². The second-order valence-corrected chi connectivity index (χ2v) is 2.76. The van der Waals surface area contributed by atoms with E-state index in [1.165, 1.54) is 6.07 Å². The summed E-state index contributed by atoms with van der Waals surface area (Å²) in [6.45, 7) is -1.10. The zero-order chi connectivity index (χ0) is 10.6. The van der Waals surface area contributed by atoms with Gasteiger partial charge in [-0.3, -0.25) is 0 Å². The van der Waals surface area contributed by atoms with Crippen LogP contribution < -0.4 is 4.74 Å². The van der Waals surface area contributed by atoms with Crippen molar-refractivity contribution in [3.05, 3.63) is 29.3 Å². The van der Waals surface area contributed by atoms with E-state index < -0.39 is 6.61 Å². The number of nitrogens with zero attached hydrogens (tertiary/aromatic N) is 1. The van der Waals surface area contributed by atoms with Crippen LogP contribution in [0.5, 0.6) is 5.75 Å². The van der Waals surface area contributed by atoms with E-state index in [-0.39, 0.29) is 12.2 Å². The molecule has 1 aromatic rings. The first-order chi connectivity index (χ1) is 6.65. The Labute approximate surface area is 80.7 Å². The molecule has 0 aliphatic rings. The highest BCUT2D eigenvalue weighted by Crippen LogP contribution is 2.23. The predicted octanol–water partition coefficient (Wildman–Crippen LogP) is 2.66. The Morgan fingerprint density at radius 2 is 2.21 bits per heavy atom. The van der Waals surface area contributed by atoms with Gasteiger partial charge in [0.2, 0.25) is 0 Å². The summed E-state index contributed by atoms with van der Waals surface area (Å²) in [6.07, 6.45) is 0.0781. The first-order valence-corrected chi connectivity index (χ1v) is 4.05. The molecule has 0 atom stereocenters. The molecule has 0 spiro atoms. The van der Waals surface area contributed by atoms with Crippen LogP contribution in [0, 0.1) is 18.3 Å². The Morgan fingerprint density at radius 3 is 2.79 bits per heavy atom. The first kappa shape index (κ1) is 10.5. The summed E-state index contributed by atoms with van der Waals surface area (Å²) < 4.78 is 28.2. The molecule has 1 rings (SSSR count). The predicted molar refractivity (Wildman–Crippen MR) is 47.1 cm³/mol. The van der Waals surface area contributed by atoms with E-state index in [0.29, 0.717) is 5.56 Å². The van der Waals surface area contributed by atoms with Crippen molar-refractivity contribution in [1.82, 2.24) is 0 Å². The summed E-state index contributed by atoms with van der Waals surface area (Å²) >= 11 is 0. The number of halogens is 2. The largest absolute Gasteiger partial charge is 0.434 e. The van der Waals surface area contributed by atoms with Crippen molar-refractivity contribution in [3.8, 4) is 11.8 Å². The third-order valence-corrected chi connectivity index (χ3v) is 1.84. The fourth-order valence-electron chi connectivity index (χ4n) is 1.19. The average Bonchev–Trinajstić information content (AvgIpc) is 2.10. The summed E-state index contributed by atoms with van der Waals surface area (Å²) in [5, 5.41) is 8.51. The molecule has 0 amide bonds. The minimum Gasteiger partial charge on any atom is -0.434 e. The summed E-state index contributed by atoms with van der Waals surface area (Å²) in [5.74, 6) is 0.0848. The summed E-state index contributed by atoms with van der Waals surface area (Å²) in [7, 11) is 0. The van der Waals surface area contributed by atoms with Gasteiger partial charge < -0.3 is 4.74 Å². The van der Waals surface area contributed by atoms with Gasteiger partial charge in [-0.1, -0.05) is 12.1 Å². The van der Waals surface area contributed by atoms with E-state index in [0.717, 1.165) is 5.56 Å². The van der Waals surface area contributed by atoms with Crippen molar-refractivity contribution in [1.29, 1.82) is 5.26 Å². The van der Waals surface area contributed by atoms with Gasteiger partial charge in [-0.2, -0.15) is 14.0 Å². The highest BCUT2D eigenvalue weighted by atomic mass is 19.3. The van der Waals surface area contributed by atoms with E-state index in [2.05, 4.69) is 4.74 Å². The standard InChI is InChI=1S/C10H9F2NO/c1-7-3-2-4-9(14-10(11)12)8(7)5-6-13/h2-4,10H,5H2,1H3. The third kappa shape index (κ3) is 2.43. The molecule has 14 heavy (non-hydrogen) atoms. The molecule has 0 aromatic heterocycles. The highest BCUT2D eigenvalue weighted by Gasteiger charge is 2.10. The van der Waals surface area contributed by atoms with Gasteiger partial charge >= 0.3 is 6.61 Å². The van der Waals surface area contributed by atoms with Crippen LogP contribution in [0.2, 0.25) is 0 Å². The lowest BCUT2D eigenvalue weighted by Gasteiger charge is -2.10. The minimum absolute atomic E-state index is 0.0781. The van der Waals surface area contributed by atoms with Crippen LogP contribution in [0.4, 0.5) is 8.78 Å². The Morgan fingerprint density at radius 1 is 1.50 bits per heavy atom. The van der Waals surface area contributed by atoms with E-state index in [1.54, 1.807) is 19.1 Å². The second-order valence-electron chi connectivity index (χ2n) is 2.76. The summed E-state index contributed by atoms with van der Waals surface area (Å²) in [5.41, 5.74) is 1.31. The van der Waals surface area contributed by atoms with E-state index in [1.807, 2.05) is 6.07 Å². The minimum atomic E-state index is -2.85. The Balaban J connectivity index is 3.02. The van der Waals surface area contributed by atoms with Crippen LogP contribution >= 0.6 is 0 Å². The van der Waals surface area contributed by atoms with Crippen LogP contribution in [0.25, 0.3) is 0 Å². The molecule has 0 aliphatic carbocycles. The molecule has 4 heteroatoms. The van der Waals surface area contributed by atoms with Crippen molar-refractivity contribution in [2.45, 2.75) is 20.0 Å². The van der Waals surface area contributed by atoms with Gasteiger partial charge in [0.1, 0.15) is 5.75 Å². The molecule has 0 fully saturated rings. The molecule has 2 nitrogen and oxygen atoms in total. The lowest BCUT2D eigenvalue weighted by atomic mass is 10.1. The summed E-state index contributed by atoms with van der Waals surface area (Å²) in [4.78, 5) is 0. The molecule has 0 saturated carbocycles. The molecule has 0 unspecified atom stereocenters.